The van der Waals surface area contributed by atoms with Crippen LogP contribution >= 0.6 is 0 Å². The largest absolute Gasteiger partial charge is 0.418 e. The monoisotopic (exact) mass is 387 g/mol. The number of hydrogen-bond donors (Lipinski definition) is 1. The SMILES string of the molecule is CS(=O)(=O)N(CC(=O)Nc1ccccc1C(F)(F)F)Cc1ccncc1. The first-order chi connectivity index (χ1) is 12.1. The number of amides is 1. The van der Waals surface area contributed by atoms with E-state index in [1.165, 1.54) is 24.5 Å². The third-order valence-corrected chi connectivity index (χ3v) is 4.60. The number of alkyl halides is 3. The van der Waals surface area contributed by atoms with Crippen LogP contribution in [0.15, 0.2) is 48.8 Å². The van der Waals surface area contributed by atoms with Crippen molar-refractivity contribution in [1.82, 2.24) is 9.29 Å². The van der Waals surface area contributed by atoms with Crippen LogP contribution < -0.4 is 5.32 Å². The average molecular weight is 387 g/mol. The number of nitrogens with one attached hydrogen (secondary N) is 1. The summed E-state index contributed by atoms with van der Waals surface area (Å²) in [7, 11) is -3.76. The Bertz CT molecular complexity index is 871. The van der Waals surface area contributed by atoms with E-state index >= 15 is 0 Å². The first-order valence-corrected chi connectivity index (χ1v) is 9.22. The number of carbonyl (C=O) groups is 1. The van der Waals surface area contributed by atoms with Gasteiger partial charge in [0.15, 0.2) is 0 Å². The Morgan fingerprint density at radius 3 is 2.35 bits per heavy atom. The number of para-hydroxylation sites is 1. The molecule has 1 N–H and O–H groups in total. The van der Waals surface area contributed by atoms with Gasteiger partial charge in [-0.05, 0) is 29.8 Å². The van der Waals surface area contributed by atoms with Gasteiger partial charge in [0, 0.05) is 18.9 Å². The molecule has 1 aromatic heterocycles. The normalized spacial score (nSPS) is 12.2. The number of nitrogens with zero attached hydrogens (tertiary/aromatic N) is 2. The van der Waals surface area contributed by atoms with Crippen LogP contribution in [0, 0.1) is 0 Å². The van der Waals surface area contributed by atoms with Gasteiger partial charge in [0.1, 0.15) is 0 Å². The number of hydrogen-bond acceptors (Lipinski definition) is 4. The predicted molar refractivity (Wildman–Crippen MR) is 89.6 cm³/mol. The Kier molecular flexibility index (Phi) is 5.98. The highest BCUT2D eigenvalue weighted by atomic mass is 32.2. The number of aromatic nitrogens is 1. The van der Waals surface area contributed by atoms with Gasteiger partial charge in [0.25, 0.3) is 0 Å². The number of pyridine rings is 1. The second kappa shape index (κ2) is 7.83. The van der Waals surface area contributed by atoms with E-state index in [1.54, 1.807) is 12.1 Å². The highest BCUT2D eigenvalue weighted by molar-refractivity contribution is 7.88. The zero-order chi connectivity index (χ0) is 19.4. The molecule has 0 aliphatic heterocycles. The van der Waals surface area contributed by atoms with Crippen LogP contribution in [0.4, 0.5) is 18.9 Å². The third-order valence-electron chi connectivity index (χ3n) is 3.40. The minimum atomic E-state index is -4.64. The third kappa shape index (κ3) is 5.53. The lowest BCUT2D eigenvalue weighted by atomic mass is 10.1. The Balaban J connectivity index is 2.16. The maximum atomic E-state index is 13.0. The van der Waals surface area contributed by atoms with Crippen molar-refractivity contribution in [2.75, 3.05) is 18.1 Å². The van der Waals surface area contributed by atoms with Crippen LogP contribution in [-0.2, 0) is 27.5 Å². The predicted octanol–water partition coefficient (Wildman–Crippen LogP) is 2.50. The molecule has 0 atom stereocenters. The van der Waals surface area contributed by atoms with Crippen molar-refractivity contribution in [3.8, 4) is 0 Å². The minimum Gasteiger partial charge on any atom is -0.324 e. The van der Waals surface area contributed by atoms with Gasteiger partial charge in [-0.25, -0.2) is 8.42 Å². The highest BCUT2D eigenvalue weighted by Crippen LogP contribution is 2.34. The van der Waals surface area contributed by atoms with Gasteiger partial charge in [-0.15, -0.1) is 0 Å². The maximum Gasteiger partial charge on any atom is 0.418 e. The van der Waals surface area contributed by atoms with Crippen molar-refractivity contribution in [2.45, 2.75) is 12.7 Å². The van der Waals surface area contributed by atoms with Crippen molar-refractivity contribution in [3.05, 3.63) is 59.9 Å². The molecule has 0 saturated heterocycles. The molecule has 1 heterocycles. The van der Waals surface area contributed by atoms with Gasteiger partial charge in [0.2, 0.25) is 15.9 Å². The van der Waals surface area contributed by atoms with Crippen molar-refractivity contribution < 1.29 is 26.4 Å². The summed E-state index contributed by atoms with van der Waals surface area (Å²) in [5.74, 6) is -0.874. The lowest BCUT2D eigenvalue weighted by molar-refractivity contribution is -0.137. The summed E-state index contributed by atoms with van der Waals surface area (Å²) < 4.78 is 63.6. The molecule has 0 radical (unpaired) electrons. The molecule has 10 heteroatoms. The summed E-state index contributed by atoms with van der Waals surface area (Å²) in [6.45, 7) is -0.719. The quantitative estimate of drug-likeness (QED) is 0.826. The number of halogens is 3. The highest BCUT2D eigenvalue weighted by Gasteiger charge is 2.33. The first kappa shape index (κ1) is 19.9. The van der Waals surface area contributed by atoms with Crippen molar-refractivity contribution >= 4 is 21.6 Å². The molecule has 0 fully saturated rings. The fourth-order valence-corrected chi connectivity index (χ4v) is 2.91. The fraction of sp³-hybridized carbons (Fsp3) is 0.250. The van der Waals surface area contributed by atoms with Gasteiger partial charge in [0.05, 0.1) is 24.1 Å². The molecule has 1 aromatic carbocycles. The van der Waals surface area contributed by atoms with Crippen LogP contribution in [0.1, 0.15) is 11.1 Å². The summed E-state index contributed by atoms with van der Waals surface area (Å²) in [4.78, 5) is 16.0. The Morgan fingerprint density at radius 1 is 1.15 bits per heavy atom. The number of carbonyl (C=O) groups excluding carboxylic acids is 1. The lowest BCUT2D eigenvalue weighted by Gasteiger charge is -2.20. The van der Waals surface area contributed by atoms with E-state index in [-0.39, 0.29) is 6.54 Å². The summed E-state index contributed by atoms with van der Waals surface area (Å²) in [5, 5.41) is 2.13. The Hall–Kier alpha value is -2.46. The topological polar surface area (TPSA) is 79.4 Å². The Morgan fingerprint density at radius 2 is 1.77 bits per heavy atom. The van der Waals surface area contributed by atoms with Crippen LogP contribution in [0.5, 0.6) is 0 Å². The summed E-state index contributed by atoms with van der Waals surface area (Å²) >= 11 is 0. The van der Waals surface area contributed by atoms with Crippen LogP contribution in [0.25, 0.3) is 0 Å². The number of anilines is 1. The summed E-state index contributed by atoms with van der Waals surface area (Å²) in [6, 6.07) is 7.64. The molecular weight excluding hydrogens is 371 g/mol. The molecule has 26 heavy (non-hydrogen) atoms. The number of sulfonamides is 1. The fourth-order valence-electron chi connectivity index (χ4n) is 2.17. The number of rotatable bonds is 6. The number of benzene rings is 1. The zero-order valence-corrected chi connectivity index (χ0v) is 14.5. The molecule has 2 aromatic rings. The Labute approximate surface area is 148 Å². The lowest BCUT2D eigenvalue weighted by Crippen LogP contribution is -2.37. The molecule has 6 nitrogen and oxygen atoms in total. The van der Waals surface area contributed by atoms with E-state index in [1.807, 2.05) is 0 Å². The molecular formula is C16H16F3N3O3S. The van der Waals surface area contributed by atoms with E-state index in [4.69, 9.17) is 0 Å². The molecule has 0 aliphatic rings. The van der Waals surface area contributed by atoms with Gasteiger partial charge in [-0.3, -0.25) is 9.78 Å². The van der Waals surface area contributed by atoms with Crippen molar-refractivity contribution in [2.24, 2.45) is 0 Å². The van der Waals surface area contributed by atoms with Crippen molar-refractivity contribution in [3.63, 3.8) is 0 Å². The van der Waals surface area contributed by atoms with Gasteiger partial charge in [-0.1, -0.05) is 12.1 Å². The van der Waals surface area contributed by atoms with Gasteiger partial charge >= 0.3 is 6.18 Å². The standard InChI is InChI=1S/C16H16F3N3O3S/c1-26(24,25)22(10-12-6-8-20-9-7-12)11-15(23)21-14-5-3-2-4-13(14)16(17,18)19/h2-9H,10-11H2,1H3,(H,21,23). The molecule has 2 rings (SSSR count). The first-order valence-electron chi connectivity index (χ1n) is 7.37. The van der Waals surface area contributed by atoms with Crippen LogP contribution in [0.2, 0.25) is 0 Å². The second-order valence-corrected chi connectivity index (χ2v) is 7.46. The van der Waals surface area contributed by atoms with E-state index in [9.17, 15) is 26.4 Å². The second-order valence-electron chi connectivity index (χ2n) is 5.48. The van der Waals surface area contributed by atoms with Gasteiger partial charge in [-0.2, -0.15) is 17.5 Å². The van der Waals surface area contributed by atoms with Crippen molar-refractivity contribution in [1.29, 1.82) is 0 Å². The van der Waals surface area contributed by atoms with Gasteiger partial charge < -0.3 is 5.32 Å². The van der Waals surface area contributed by atoms with Crippen LogP contribution in [-0.4, -0.2) is 36.4 Å². The van der Waals surface area contributed by atoms with E-state index in [0.717, 1.165) is 22.7 Å². The molecule has 0 unspecified atom stereocenters. The smallest absolute Gasteiger partial charge is 0.324 e. The maximum absolute atomic E-state index is 13.0. The van der Waals surface area contributed by atoms with E-state index in [0.29, 0.717) is 5.56 Å². The summed E-state index contributed by atoms with van der Waals surface area (Å²) in [5.41, 5.74) is -0.843. The molecule has 140 valence electrons. The van der Waals surface area contributed by atoms with Crippen LogP contribution in [0.3, 0.4) is 0 Å². The van der Waals surface area contributed by atoms with E-state index in [2.05, 4.69) is 10.3 Å². The molecule has 0 bridgehead atoms. The zero-order valence-electron chi connectivity index (χ0n) is 13.7. The molecule has 1 amide bonds. The summed E-state index contributed by atoms with van der Waals surface area (Å²) in [6.07, 6.45) is -0.784. The van der Waals surface area contributed by atoms with E-state index < -0.39 is 39.9 Å². The minimum absolute atomic E-state index is 0.101. The molecule has 0 spiro atoms. The average Bonchev–Trinajstić information content (AvgIpc) is 2.54. The molecule has 0 saturated carbocycles. The molecule has 0 aliphatic carbocycles.